The highest BCUT2D eigenvalue weighted by Gasteiger charge is 2.32. The molecule has 0 heterocycles. The molecule has 3 rings (SSSR count). The average molecular weight is 663 g/mol. The van der Waals surface area contributed by atoms with Gasteiger partial charge in [-0.25, -0.2) is 8.42 Å². The van der Waals surface area contributed by atoms with Crippen molar-refractivity contribution < 1.29 is 22.7 Å². The lowest BCUT2D eigenvalue weighted by Crippen LogP contribution is -2.54. The first-order valence-electron chi connectivity index (χ1n) is 14.5. The number of carbonyl (C=O) groups is 2. The molecule has 0 aliphatic carbocycles. The molecule has 238 valence electrons. The molecule has 0 radical (unpaired) electrons. The predicted octanol–water partition coefficient (Wildman–Crippen LogP) is 6.49. The quantitative estimate of drug-likeness (QED) is 0.213. The summed E-state index contributed by atoms with van der Waals surface area (Å²) in [6, 6.07) is 20.4. The normalized spacial score (nSPS) is 12.3. The van der Waals surface area contributed by atoms with E-state index < -0.39 is 21.6 Å². The van der Waals surface area contributed by atoms with Gasteiger partial charge in [0.25, 0.3) is 0 Å². The van der Waals surface area contributed by atoms with E-state index in [9.17, 15) is 18.0 Å². The van der Waals surface area contributed by atoms with Crippen LogP contribution >= 0.6 is 23.2 Å². The van der Waals surface area contributed by atoms with Crippen LogP contribution in [0.5, 0.6) is 5.75 Å². The minimum absolute atomic E-state index is 0.00233. The third kappa shape index (κ3) is 10.7. The van der Waals surface area contributed by atoms with Crippen LogP contribution in [0, 0.1) is 0 Å². The Morgan fingerprint density at radius 1 is 0.977 bits per heavy atom. The average Bonchev–Trinajstić information content (AvgIpc) is 2.93. The molecule has 1 unspecified atom stereocenters. The number of amides is 2. The zero-order chi connectivity index (χ0) is 32.5. The van der Waals surface area contributed by atoms with Crippen LogP contribution in [-0.4, -0.2) is 56.1 Å². The van der Waals surface area contributed by atoms with E-state index in [0.29, 0.717) is 33.7 Å². The Morgan fingerprint density at radius 3 is 2.20 bits per heavy atom. The Morgan fingerprint density at radius 2 is 1.64 bits per heavy atom. The highest BCUT2D eigenvalue weighted by atomic mass is 35.5. The molecule has 0 aliphatic heterocycles. The van der Waals surface area contributed by atoms with Gasteiger partial charge >= 0.3 is 0 Å². The summed E-state index contributed by atoms with van der Waals surface area (Å²) >= 11 is 12.6. The molecule has 3 aromatic rings. The number of nitrogens with zero attached hydrogens (tertiary/aromatic N) is 2. The Bertz CT molecular complexity index is 1510. The van der Waals surface area contributed by atoms with Crippen LogP contribution in [0.1, 0.15) is 51.7 Å². The number of hydrogen-bond donors (Lipinski definition) is 1. The molecule has 0 spiro atoms. The largest absolute Gasteiger partial charge is 0.494 e. The van der Waals surface area contributed by atoms with Crippen molar-refractivity contribution in [1.29, 1.82) is 0 Å². The number of halogens is 2. The second-order valence-corrected chi connectivity index (χ2v) is 14.3. The van der Waals surface area contributed by atoms with Crippen molar-refractivity contribution in [1.82, 2.24) is 10.2 Å². The zero-order valence-corrected chi connectivity index (χ0v) is 28.2. The number of hydrogen-bond acceptors (Lipinski definition) is 5. The minimum atomic E-state index is -3.64. The van der Waals surface area contributed by atoms with Gasteiger partial charge in [0.15, 0.2) is 0 Å². The molecule has 0 saturated carbocycles. The maximum Gasteiger partial charge on any atom is 0.243 e. The predicted molar refractivity (Wildman–Crippen MR) is 178 cm³/mol. The van der Waals surface area contributed by atoms with Gasteiger partial charge < -0.3 is 15.0 Å². The summed E-state index contributed by atoms with van der Waals surface area (Å²) in [4.78, 5) is 29.3. The lowest BCUT2D eigenvalue weighted by atomic mass is 10.00. The molecule has 11 heteroatoms. The Labute approximate surface area is 271 Å². The second kappa shape index (κ2) is 15.6. The van der Waals surface area contributed by atoms with Crippen LogP contribution in [0.3, 0.4) is 0 Å². The summed E-state index contributed by atoms with van der Waals surface area (Å²) in [5.41, 5.74) is 1.46. The molecular formula is C33H41Cl2N3O5S. The first kappa shape index (κ1) is 35.2. The van der Waals surface area contributed by atoms with E-state index in [-0.39, 0.29) is 44.2 Å². The molecule has 0 bridgehead atoms. The van der Waals surface area contributed by atoms with Crippen LogP contribution in [0.15, 0.2) is 72.8 Å². The summed E-state index contributed by atoms with van der Waals surface area (Å²) < 4.78 is 32.2. The summed E-state index contributed by atoms with van der Waals surface area (Å²) in [6.45, 7) is 8.15. The van der Waals surface area contributed by atoms with Gasteiger partial charge in [-0.15, -0.1) is 0 Å². The van der Waals surface area contributed by atoms with Crippen LogP contribution in [0.2, 0.25) is 10.0 Å². The first-order valence-corrected chi connectivity index (χ1v) is 17.1. The molecule has 2 amide bonds. The van der Waals surface area contributed by atoms with Gasteiger partial charge in [0.2, 0.25) is 21.8 Å². The highest BCUT2D eigenvalue weighted by Crippen LogP contribution is 2.26. The fourth-order valence-electron chi connectivity index (χ4n) is 4.72. The monoisotopic (exact) mass is 661 g/mol. The molecule has 0 aromatic heterocycles. The minimum Gasteiger partial charge on any atom is -0.494 e. The Kier molecular flexibility index (Phi) is 12.5. The van der Waals surface area contributed by atoms with Gasteiger partial charge in [-0.2, -0.15) is 0 Å². The number of nitrogens with one attached hydrogen (secondary N) is 1. The van der Waals surface area contributed by atoms with Crippen molar-refractivity contribution in [3.05, 3.63) is 94.0 Å². The lowest BCUT2D eigenvalue weighted by Gasteiger charge is -2.34. The number of anilines is 1. The van der Waals surface area contributed by atoms with Crippen molar-refractivity contribution in [3.63, 3.8) is 0 Å². The van der Waals surface area contributed by atoms with Crippen molar-refractivity contribution in [2.24, 2.45) is 0 Å². The van der Waals surface area contributed by atoms with E-state index >= 15 is 0 Å². The van der Waals surface area contributed by atoms with E-state index in [1.54, 1.807) is 42.5 Å². The van der Waals surface area contributed by atoms with Gasteiger partial charge in [0.05, 0.1) is 18.6 Å². The molecular weight excluding hydrogens is 621 g/mol. The van der Waals surface area contributed by atoms with E-state index in [2.05, 4.69) is 5.32 Å². The van der Waals surface area contributed by atoms with Gasteiger partial charge in [0.1, 0.15) is 11.8 Å². The van der Waals surface area contributed by atoms with Crippen molar-refractivity contribution >= 4 is 50.7 Å². The maximum absolute atomic E-state index is 14.0. The molecule has 1 N–H and O–H groups in total. The van der Waals surface area contributed by atoms with Gasteiger partial charge in [0, 0.05) is 41.5 Å². The molecule has 8 nitrogen and oxygen atoms in total. The number of carbonyl (C=O) groups excluding carboxylic acids is 2. The third-order valence-corrected chi connectivity index (χ3v) is 8.49. The molecule has 44 heavy (non-hydrogen) atoms. The van der Waals surface area contributed by atoms with Crippen LogP contribution in [0.4, 0.5) is 5.69 Å². The van der Waals surface area contributed by atoms with Crippen molar-refractivity contribution in [2.75, 3.05) is 23.7 Å². The maximum atomic E-state index is 14.0. The molecule has 0 aliphatic rings. The van der Waals surface area contributed by atoms with E-state index in [1.165, 1.54) is 9.21 Å². The number of ether oxygens (including phenoxy) is 1. The van der Waals surface area contributed by atoms with Crippen LogP contribution in [0.25, 0.3) is 0 Å². The first-order chi connectivity index (χ1) is 20.7. The fraction of sp³-hybridized carbons (Fsp3) is 0.394. The summed E-state index contributed by atoms with van der Waals surface area (Å²) in [7, 11) is -3.64. The number of benzene rings is 3. The van der Waals surface area contributed by atoms with Gasteiger partial charge in [-0.3, -0.25) is 13.9 Å². The van der Waals surface area contributed by atoms with Crippen LogP contribution in [-0.2, 0) is 32.6 Å². The van der Waals surface area contributed by atoms with E-state index in [4.69, 9.17) is 27.9 Å². The lowest BCUT2D eigenvalue weighted by molar-refractivity contribution is -0.142. The molecule has 0 saturated heterocycles. The Hall–Kier alpha value is -3.27. The fourth-order valence-corrected chi connectivity index (χ4v) is 6.15. The molecule has 1 atom stereocenters. The Balaban J connectivity index is 1.91. The zero-order valence-electron chi connectivity index (χ0n) is 25.8. The number of rotatable bonds is 14. The molecule has 0 fully saturated rings. The smallest absolute Gasteiger partial charge is 0.243 e. The molecule has 3 aromatic carbocycles. The second-order valence-electron chi connectivity index (χ2n) is 11.6. The summed E-state index contributed by atoms with van der Waals surface area (Å²) in [6.07, 6.45) is 1.64. The summed E-state index contributed by atoms with van der Waals surface area (Å²) in [5, 5.41) is 3.86. The topological polar surface area (TPSA) is 96.0 Å². The summed E-state index contributed by atoms with van der Waals surface area (Å²) in [5.74, 6) is 0.0301. The number of sulfonamides is 1. The van der Waals surface area contributed by atoms with Gasteiger partial charge in [-0.1, -0.05) is 59.6 Å². The SMILES string of the molecule is CCOc1ccc(N(CCCC(=O)N(Cc2ccc(Cl)cc2Cl)C(Cc2ccccc2)C(=O)NC(C)(C)C)S(C)(=O)=O)cc1. The van der Waals surface area contributed by atoms with Crippen LogP contribution < -0.4 is 14.4 Å². The van der Waals surface area contributed by atoms with E-state index in [0.717, 1.165) is 11.8 Å². The standard InChI is InChI=1S/C33H41Cl2N3O5S/c1-6-43-28-18-16-27(17-19-28)38(44(5,41)42)20-10-13-31(39)37(23-25-14-15-26(34)22-29(25)35)30(32(40)36-33(2,3)4)21-24-11-8-7-9-12-24/h7-9,11-12,14-19,22,30H,6,10,13,20-21,23H2,1-5H3,(H,36,40). The van der Waals surface area contributed by atoms with E-state index in [1.807, 2.05) is 58.0 Å². The highest BCUT2D eigenvalue weighted by molar-refractivity contribution is 7.92. The van der Waals surface area contributed by atoms with Crippen molar-refractivity contribution in [3.8, 4) is 5.75 Å². The van der Waals surface area contributed by atoms with Gasteiger partial charge in [-0.05, 0) is 81.6 Å². The third-order valence-electron chi connectivity index (χ3n) is 6.71. The van der Waals surface area contributed by atoms with Crippen molar-refractivity contribution in [2.45, 2.75) is 65.1 Å².